The van der Waals surface area contributed by atoms with Crippen molar-refractivity contribution >= 4 is 11.6 Å². The highest BCUT2D eigenvalue weighted by Gasteiger charge is 2.46. The van der Waals surface area contributed by atoms with Crippen molar-refractivity contribution in [2.75, 3.05) is 11.9 Å². The standard InChI is InChI=1S/C16H18N2O/c1-16(7-4-8-17)13-9-11-5-3-6-12(11)10-14(13)18(2)15(16)19/h9-10H,3-7H2,1-2H3. The first-order valence-corrected chi connectivity index (χ1v) is 6.89. The minimum atomic E-state index is -0.516. The predicted molar refractivity (Wildman–Crippen MR) is 74.1 cm³/mol. The van der Waals surface area contributed by atoms with Gasteiger partial charge in [0.1, 0.15) is 0 Å². The summed E-state index contributed by atoms with van der Waals surface area (Å²) in [4.78, 5) is 14.3. The van der Waals surface area contributed by atoms with Gasteiger partial charge < -0.3 is 4.90 Å². The fourth-order valence-corrected chi connectivity index (χ4v) is 3.47. The minimum Gasteiger partial charge on any atom is -0.314 e. The summed E-state index contributed by atoms with van der Waals surface area (Å²) < 4.78 is 0. The summed E-state index contributed by atoms with van der Waals surface area (Å²) in [5.74, 6) is 0.126. The third kappa shape index (κ3) is 1.59. The number of hydrogen-bond donors (Lipinski definition) is 0. The van der Waals surface area contributed by atoms with E-state index >= 15 is 0 Å². The van der Waals surface area contributed by atoms with Crippen molar-refractivity contribution in [2.45, 2.75) is 44.4 Å². The van der Waals surface area contributed by atoms with Crippen LogP contribution in [-0.2, 0) is 23.1 Å². The second-order valence-electron chi connectivity index (χ2n) is 5.85. The Kier molecular flexibility index (Phi) is 2.63. The average Bonchev–Trinajstić information content (AvgIpc) is 2.94. The van der Waals surface area contributed by atoms with E-state index in [4.69, 9.17) is 5.26 Å². The first-order chi connectivity index (χ1) is 9.08. The summed E-state index contributed by atoms with van der Waals surface area (Å²) in [6.45, 7) is 1.98. The van der Waals surface area contributed by atoms with Crippen molar-refractivity contribution in [3.8, 4) is 6.07 Å². The van der Waals surface area contributed by atoms with E-state index in [2.05, 4.69) is 18.2 Å². The van der Waals surface area contributed by atoms with Gasteiger partial charge in [-0.15, -0.1) is 0 Å². The number of fused-ring (bicyclic) bond motifs is 2. The highest BCUT2D eigenvalue weighted by molar-refractivity contribution is 6.07. The number of nitrogens with zero attached hydrogens (tertiary/aromatic N) is 2. The zero-order chi connectivity index (χ0) is 13.6. The number of rotatable bonds is 2. The van der Waals surface area contributed by atoms with Gasteiger partial charge in [-0.05, 0) is 55.4 Å². The van der Waals surface area contributed by atoms with Gasteiger partial charge in [-0.2, -0.15) is 5.26 Å². The second kappa shape index (κ2) is 4.09. The summed E-state index contributed by atoms with van der Waals surface area (Å²) in [5, 5.41) is 8.82. The molecule has 3 heteroatoms. The first kappa shape index (κ1) is 12.2. The molecule has 1 aliphatic carbocycles. The van der Waals surface area contributed by atoms with Gasteiger partial charge in [-0.3, -0.25) is 4.79 Å². The van der Waals surface area contributed by atoms with E-state index in [1.54, 1.807) is 4.90 Å². The lowest BCUT2D eigenvalue weighted by atomic mass is 9.79. The number of benzene rings is 1. The molecule has 0 saturated carbocycles. The third-order valence-electron chi connectivity index (χ3n) is 4.68. The SMILES string of the molecule is CN1C(=O)C(C)(CCC#N)c2cc3c(cc21)CCC3. The van der Waals surface area contributed by atoms with E-state index < -0.39 is 5.41 Å². The zero-order valence-electron chi connectivity index (χ0n) is 11.5. The normalized spacial score (nSPS) is 24.3. The molecule has 1 heterocycles. The lowest BCUT2D eigenvalue weighted by molar-refractivity contribution is -0.122. The van der Waals surface area contributed by atoms with Crippen molar-refractivity contribution in [2.24, 2.45) is 0 Å². The van der Waals surface area contributed by atoms with E-state index in [0.29, 0.717) is 12.8 Å². The fraction of sp³-hybridized carbons (Fsp3) is 0.500. The van der Waals surface area contributed by atoms with Gasteiger partial charge in [0.2, 0.25) is 5.91 Å². The molecule has 1 atom stereocenters. The van der Waals surface area contributed by atoms with Crippen LogP contribution in [0.4, 0.5) is 5.69 Å². The highest BCUT2D eigenvalue weighted by atomic mass is 16.2. The van der Waals surface area contributed by atoms with Gasteiger partial charge in [-0.25, -0.2) is 0 Å². The Hall–Kier alpha value is -1.82. The van der Waals surface area contributed by atoms with Gasteiger partial charge in [0.05, 0.1) is 11.5 Å². The molecule has 3 nitrogen and oxygen atoms in total. The topological polar surface area (TPSA) is 44.1 Å². The third-order valence-corrected chi connectivity index (χ3v) is 4.68. The number of amides is 1. The summed E-state index contributed by atoms with van der Waals surface area (Å²) in [7, 11) is 1.85. The Bertz CT molecular complexity index is 600. The molecule has 1 aliphatic heterocycles. The minimum absolute atomic E-state index is 0.126. The van der Waals surface area contributed by atoms with Crippen LogP contribution in [0.25, 0.3) is 0 Å². The van der Waals surface area contributed by atoms with Crippen LogP contribution in [0, 0.1) is 11.3 Å². The zero-order valence-corrected chi connectivity index (χ0v) is 11.5. The smallest absolute Gasteiger partial charge is 0.237 e. The highest BCUT2D eigenvalue weighted by Crippen LogP contribution is 2.46. The molecule has 0 saturated heterocycles. The lowest BCUT2D eigenvalue weighted by Crippen LogP contribution is -2.36. The van der Waals surface area contributed by atoms with Crippen LogP contribution in [0.15, 0.2) is 12.1 Å². The molecule has 0 spiro atoms. The molecule has 0 aromatic heterocycles. The van der Waals surface area contributed by atoms with E-state index in [-0.39, 0.29) is 5.91 Å². The average molecular weight is 254 g/mol. The molecule has 0 bridgehead atoms. The largest absolute Gasteiger partial charge is 0.314 e. The molecule has 1 amide bonds. The van der Waals surface area contributed by atoms with E-state index in [1.165, 1.54) is 17.5 Å². The molecular weight excluding hydrogens is 236 g/mol. The number of carbonyl (C=O) groups is 1. The first-order valence-electron chi connectivity index (χ1n) is 6.89. The molecule has 3 rings (SSSR count). The van der Waals surface area contributed by atoms with Gasteiger partial charge in [0, 0.05) is 19.2 Å². The van der Waals surface area contributed by atoms with Crippen molar-refractivity contribution in [1.29, 1.82) is 5.26 Å². The van der Waals surface area contributed by atoms with Crippen molar-refractivity contribution in [3.05, 3.63) is 28.8 Å². The molecule has 1 unspecified atom stereocenters. The van der Waals surface area contributed by atoms with Crippen molar-refractivity contribution in [3.63, 3.8) is 0 Å². The van der Waals surface area contributed by atoms with Gasteiger partial charge in [0.25, 0.3) is 0 Å². The van der Waals surface area contributed by atoms with Crippen LogP contribution in [-0.4, -0.2) is 13.0 Å². The predicted octanol–water partition coefficient (Wildman–Crippen LogP) is 2.71. The Morgan fingerprint density at radius 1 is 1.37 bits per heavy atom. The van der Waals surface area contributed by atoms with E-state index in [0.717, 1.165) is 24.1 Å². The van der Waals surface area contributed by atoms with Crippen LogP contribution in [0.1, 0.15) is 42.9 Å². The Balaban J connectivity index is 2.12. The fourth-order valence-electron chi connectivity index (χ4n) is 3.47. The summed E-state index contributed by atoms with van der Waals surface area (Å²) in [6, 6.07) is 6.57. The molecular formula is C16H18N2O. The van der Waals surface area contributed by atoms with E-state index in [1.807, 2.05) is 14.0 Å². The van der Waals surface area contributed by atoms with Gasteiger partial charge >= 0.3 is 0 Å². The van der Waals surface area contributed by atoms with Crippen LogP contribution in [0.5, 0.6) is 0 Å². The molecule has 98 valence electrons. The van der Waals surface area contributed by atoms with Crippen LogP contribution >= 0.6 is 0 Å². The maximum atomic E-state index is 12.5. The maximum Gasteiger partial charge on any atom is 0.237 e. The molecule has 0 fully saturated rings. The Morgan fingerprint density at radius 2 is 2.05 bits per heavy atom. The molecule has 0 N–H and O–H groups in total. The Labute approximate surface area is 113 Å². The summed E-state index contributed by atoms with van der Waals surface area (Å²) in [6.07, 6.45) is 4.49. The number of aryl methyl sites for hydroxylation is 2. The number of nitriles is 1. The number of likely N-dealkylation sites (N-methyl/N-ethyl adjacent to an activating group) is 1. The number of anilines is 1. The maximum absolute atomic E-state index is 12.5. The second-order valence-corrected chi connectivity index (χ2v) is 5.85. The molecule has 0 radical (unpaired) electrons. The molecule has 1 aromatic carbocycles. The number of hydrogen-bond acceptors (Lipinski definition) is 2. The van der Waals surface area contributed by atoms with Crippen LogP contribution < -0.4 is 4.90 Å². The van der Waals surface area contributed by atoms with E-state index in [9.17, 15) is 4.79 Å². The molecule has 2 aliphatic rings. The lowest BCUT2D eigenvalue weighted by Gasteiger charge is -2.22. The van der Waals surface area contributed by atoms with Crippen LogP contribution in [0.3, 0.4) is 0 Å². The quantitative estimate of drug-likeness (QED) is 0.814. The molecule has 19 heavy (non-hydrogen) atoms. The summed E-state index contributed by atoms with van der Waals surface area (Å²) >= 11 is 0. The Morgan fingerprint density at radius 3 is 2.74 bits per heavy atom. The van der Waals surface area contributed by atoms with Crippen LogP contribution in [0.2, 0.25) is 0 Å². The monoisotopic (exact) mass is 254 g/mol. The number of carbonyl (C=O) groups excluding carboxylic acids is 1. The van der Waals surface area contributed by atoms with Gasteiger partial charge in [0.15, 0.2) is 0 Å². The van der Waals surface area contributed by atoms with Crippen molar-refractivity contribution < 1.29 is 4.79 Å². The summed E-state index contributed by atoms with van der Waals surface area (Å²) in [5.41, 5.74) is 4.44. The van der Waals surface area contributed by atoms with Gasteiger partial charge in [-0.1, -0.05) is 6.07 Å². The van der Waals surface area contributed by atoms with Crippen molar-refractivity contribution in [1.82, 2.24) is 0 Å². The molecule has 1 aromatic rings.